The number of hydrogen-bond donors (Lipinski definition) is 1. The summed E-state index contributed by atoms with van der Waals surface area (Å²) in [6.45, 7) is 3.31. The zero-order valence-electron chi connectivity index (χ0n) is 12.3. The van der Waals surface area contributed by atoms with Gasteiger partial charge in [0.2, 0.25) is 6.79 Å². The quantitative estimate of drug-likeness (QED) is 0.837. The Morgan fingerprint density at radius 1 is 1.05 bits per heavy atom. The second-order valence-corrected chi connectivity index (χ2v) is 6.73. The average Bonchev–Trinajstić information content (AvgIpc) is 3.40. The van der Waals surface area contributed by atoms with Crippen molar-refractivity contribution in [3.05, 3.63) is 23.8 Å². The molecule has 0 radical (unpaired) electrons. The lowest BCUT2D eigenvalue weighted by molar-refractivity contribution is 0.107. The van der Waals surface area contributed by atoms with Crippen molar-refractivity contribution >= 4 is 0 Å². The van der Waals surface area contributed by atoms with Gasteiger partial charge in [-0.05, 0) is 55.2 Å². The lowest BCUT2D eigenvalue weighted by atomic mass is 10.1. The van der Waals surface area contributed by atoms with E-state index in [0.29, 0.717) is 0 Å². The molecule has 3 aliphatic rings. The molecule has 0 spiro atoms. The van der Waals surface area contributed by atoms with Crippen LogP contribution in [0.1, 0.15) is 37.4 Å². The maximum absolute atomic E-state index is 10.6. The Hall–Kier alpha value is -1.26. The monoisotopic (exact) mass is 289 g/mol. The van der Waals surface area contributed by atoms with E-state index in [2.05, 4.69) is 4.90 Å². The van der Waals surface area contributed by atoms with E-state index in [1.807, 2.05) is 18.2 Å². The third-order valence-corrected chi connectivity index (χ3v) is 4.64. The summed E-state index contributed by atoms with van der Waals surface area (Å²) in [6, 6.07) is 5.76. The minimum Gasteiger partial charge on any atom is -0.454 e. The lowest BCUT2D eigenvalue weighted by Crippen LogP contribution is -2.32. The highest BCUT2D eigenvalue weighted by atomic mass is 16.7. The second-order valence-electron chi connectivity index (χ2n) is 6.73. The highest BCUT2D eigenvalue weighted by Gasteiger charge is 2.30. The smallest absolute Gasteiger partial charge is 0.231 e. The standard InChI is InChI=1S/C17H23NO3/c19-15(14-5-6-16-17(7-14)21-11-20-16)10-18(8-12-1-2-12)9-13-3-4-13/h5-7,12-13,15,19H,1-4,8-11H2. The van der Waals surface area contributed by atoms with E-state index in [9.17, 15) is 5.11 Å². The van der Waals surface area contributed by atoms with Gasteiger partial charge in [-0.25, -0.2) is 0 Å². The van der Waals surface area contributed by atoms with E-state index in [4.69, 9.17) is 9.47 Å². The minimum atomic E-state index is -0.447. The van der Waals surface area contributed by atoms with Crippen LogP contribution in [0.4, 0.5) is 0 Å². The Morgan fingerprint density at radius 3 is 2.38 bits per heavy atom. The van der Waals surface area contributed by atoms with Gasteiger partial charge in [0.25, 0.3) is 0 Å². The molecule has 4 nitrogen and oxygen atoms in total. The largest absolute Gasteiger partial charge is 0.454 e. The molecule has 21 heavy (non-hydrogen) atoms. The number of aliphatic hydroxyl groups excluding tert-OH is 1. The topological polar surface area (TPSA) is 41.9 Å². The van der Waals surface area contributed by atoms with Crippen molar-refractivity contribution in [3.63, 3.8) is 0 Å². The lowest BCUT2D eigenvalue weighted by Gasteiger charge is -2.25. The molecular formula is C17H23NO3. The van der Waals surface area contributed by atoms with Crippen LogP contribution in [-0.2, 0) is 0 Å². The Bertz CT molecular complexity index is 497. The summed E-state index contributed by atoms with van der Waals surface area (Å²) in [7, 11) is 0. The van der Waals surface area contributed by atoms with E-state index in [1.54, 1.807) is 0 Å². The minimum absolute atomic E-state index is 0.282. The maximum atomic E-state index is 10.6. The van der Waals surface area contributed by atoms with Crippen molar-refractivity contribution in [3.8, 4) is 11.5 Å². The fourth-order valence-electron chi connectivity index (χ4n) is 3.03. The summed E-state index contributed by atoms with van der Waals surface area (Å²) in [5.41, 5.74) is 0.927. The van der Waals surface area contributed by atoms with Gasteiger partial charge in [0.15, 0.2) is 11.5 Å². The number of nitrogens with zero attached hydrogens (tertiary/aromatic N) is 1. The molecule has 114 valence electrons. The zero-order valence-corrected chi connectivity index (χ0v) is 12.3. The van der Waals surface area contributed by atoms with Crippen molar-refractivity contribution in [2.24, 2.45) is 11.8 Å². The molecule has 1 heterocycles. The van der Waals surface area contributed by atoms with Gasteiger partial charge in [0.1, 0.15) is 0 Å². The molecule has 1 aromatic carbocycles. The molecule has 1 unspecified atom stereocenters. The molecule has 1 atom stereocenters. The number of benzene rings is 1. The summed E-state index contributed by atoms with van der Waals surface area (Å²) in [5.74, 6) is 3.27. The van der Waals surface area contributed by atoms with Gasteiger partial charge in [-0.15, -0.1) is 0 Å². The van der Waals surface area contributed by atoms with Gasteiger partial charge >= 0.3 is 0 Å². The fourth-order valence-corrected chi connectivity index (χ4v) is 3.03. The van der Waals surface area contributed by atoms with E-state index < -0.39 is 6.10 Å². The Labute approximate surface area is 125 Å². The summed E-state index contributed by atoms with van der Waals surface area (Å²) in [5, 5.41) is 10.6. The van der Waals surface area contributed by atoms with Crippen molar-refractivity contribution in [1.29, 1.82) is 0 Å². The molecule has 0 aromatic heterocycles. The fraction of sp³-hybridized carbons (Fsp3) is 0.647. The third-order valence-electron chi connectivity index (χ3n) is 4.64. The first-order chi connectivity index (χ1) is 10.3. The summed E-state index contributed by atoms with van der Waals surface area (Å²) < 4.78 is 10.7. The molecule has 0 bridgehead atoms. The first kappa shape index (κ1) is 13.4. The molecule has 2 aliphatic carbocycles. The number of ether oxygens (including phenoxy) is 2. The molecule has 0 saturated heterocycles. The van der Waals surface area contributed by atoms with Gasteiger partial charge in [-0.1, -0.05) is 6.07 Å². The summed E-state index contributed by atoms with van der Waals surface area (Å²) in [6.07, 6.45) is 5.00. The first-order valence-electron chi connectivity index (χ1n) is 8.08. The number of aliphatic hydroxyl groups is 1. The molecule has 2 saturated carbocycles. The highest BCUT2D eigenvalue weighted by molar-refractivity contribution is 5.45. The van der Waals surface area contributed by atoms with E-state index in [0.717, 1.165) is 48.5 Å². The van der Waals surface area contributed by atoms with Crippen LogP contribution < -0.4 is 9.47 Å². The number of fused-ring (bicyclic) bond motifs is 1. The van der Waals surface area contributed by atoms with Crippen molar-refractivity contribution in [2.75, 3.05) is 26.4 Å². The van der Waals surface area contributed by atoms with Crippen LogP contribution in [0.15, 0.2) is 18.2 Å². The molecule has 1 N–H and O–H groups in total. The molecule has 1 aromatic rings. The van der Waals surface area contributed by atoms with E-state index in [1.165, 1.54) is 25.7 Å². The van der Waals surface area contributed by atoms with Gasteiger partial charge < -0.3 is 14.6 Å². The molecule has 4 rings (SSSR count). The van der Waals surface area contributed by atoms with Crippen LogP contribution in [0.25, 0.3) is 0 Å². The summed E-state index contributed by atoms with van der Waals surface area (Å²) in [4.78, 5) is 2.46. The van der Waals surface area contributed by atoms with Crippen LogP contribution in [-0.4, -0.2) is 36.4 Å². The first-order valence-corrected chi connectivity index (χ1v) is 8.08. The van der Waals surface area contributed by atoms with E-state index >= 15 is 0 Å². The van der Waals surface area contributed by atoms with Gasteiger partial charge in [0.05, 0.1) is 6.10 Å². The van der Waals surface area contributed by atoms with Crippen LogP contribution in [0.3, 0.4) is 0 Å². The maximum Gasteiger partial charge on any atom is 0.231 e. The van der Waals surface area contributed by atoms with Gasteiger partial charge in [-0.3, -0.25) is 4.90 Å². The Morgan fingerprint density at radius 2 is 1.71 bits per heavy atom. The summed E-state index contributed by atoms with van der Waals surface area (Å²) >= 11 is 0. The predicted octanol–water partition coefficient (Wildman–Crippen LogP) is 2.57. The molecule has 4 heteroatoms. The Balaban J connectivity index is 1.41. The van der Waals surface area contributed by atoms with Crippen LogP contribution in [0.5, 0.6) is 11.5 Å². The van der Waals surface area contributed by atoms with Crippen LogP contribution in [0.2, 0.25) is 0 Å². The predicted molar refractivity (Wildman–Crippen MR) is 79.4 cm³/mol. The van der Waals surface area contributed by atoms with Crippen molar-refractivity contribution in [2.45, 2.75) is 31.8 Å². The van der Waals surface area contributed by atoms with E-state index in [-0.39, 0.29) is 6.79 Å². The van der Waals surface area contributed by atoms with Crippen molar-refractivity contribution < 1.29 is 14.6 Å². The molecular weight excluding hydrogens is 266 g/mol. The average molecular weight is 289 g/mol. The molecule has 2 fully saturated rings. The molecule has 1 aliphatic heterocycles. The number of rotatable bonds is 7. The Kier molecular flexibility index (Phi) is 3.51. The molecule has 0 amide bonds. The van der Waals surface area contributed by atoms with Gasteiger partial charge in [-0.2, -0.15) is 0 Å². The number of hydrogen-bond acceptors (Lipinski definition) is 4. The highest BCUT2D eigenvalue weighted by Crippen LogP contribution is 2.36. The van der Waals surface area contributed by atoms with Crippen LogP contribution >= 0.6 is 0 Å². The zero-order chi connectivity index (χ0) is 14.2. The SMILES string of the molecule is OC(CN(CC1CC1)CC1CC1)c1ccc2c(c1)OCO2. The van der Waals surface area contributed by atoms with Crippen molar-refractivity contribution in [1.82, 2.24) is 4.90 Å². The normalized spacial score (nSPS) is 21.8. The third kappa shape index (κ3) is 3.33. The van der Waals surface area contributed by atoms with Gasteiger partial charge in [0, 0.05) is 19.6 Å². The second kappa shape index (κ2) is 5.50. The van der Waals surface area contributed by atoms with Crippen LogP contribution in [0, 0.1) is 11.8 Å².